The van der Waals surface area contributed by atoms with Crippen LogP contribution in [0.4, 0.5) is 8.78 Å². The molecule has 0 saturated carbocycles. The number of hydrogen-bond acceptors (Lipinski definition) is 2. The minimum Gasteiger partial charge on any atom is -0.389 e. The summed E-state index contributed by atoms with van der Waals surface area (Å²) in [4.78, 5) is 0. The van der Waals surface area contributed by atoms with Crippen molar-refractivity contribution in [1.29, 1.82) is 0 Å². The summed E-state index contributed by atoms with van der Waals surface area (Å²) in [7, 11) is 0. The van der Waals surface area contributed by atoms with E-state index in [-0.39, 0.29) is 0 Å². The highest BCUT2D eigenvalue weighted by molar-refractivity contribution is 7.99. The zero-order chi connectivity index (χ0) is 10.9. The van der Waals surface area contributed by atoms with Gasteiger partial charge in [-0.3, -0.25) is 0 Å². The van der Waals surface area contributed by atoms with Crippen LogP contribution in [0.2, 0.25) is 0 Å². The molecule has 0 aliphatic carbocycles. The van der Waals surface area contributed by atoms with Crippen molar-refractivity contribution in [3.8, 4) is 0 Å². The molecule has 1 aromatic rings. The fourth-order valence-corrected chi connectivity index (χ4v) is 3.12. The smallest absolute Gasteiger partial charge is 0.126 e. The molecule has 1 heterocycles. The van der Waals surface area contributed by atoms with E-state index in [1.807, 2.05) is 0 Å². The number of halogens is 2. The van der Waals surface area contributed by atoms with E-state index in [2.05, 4.69) is 0 Å². The second-order valence-corrected chi connectivity index (χ2v) is 5.09. The molecule has 15 heavy (non-hydrogen) atoms. The molecule has 1 atom stereocenters. The minimum absolute atomic E-state index is 0.328. The molecule has 0 bridgehead atoms. The number of benzene rings is 1. The Hall–Kier alpha value is -0.610. The van der Waals surface area contributed by atoms with Gasteiger partial charge in [0, 0.05) is 18.2 Å². The van der Waals surface area contributed by atoms with Crippen LogP contribution in [0, 0.1) is 11.6 Å². The molecular formula is C11H12F2OS. The molecule has 1 unspecified atom stereocenters. The van der Waals surface area contributed by atoms with Crippen LogP contribution in [0.25, 0.3) is 0 Å². The summed E-state index contributed by atoms with van der Waals surface area (Å²) in [6.45, 7) is 0. The lowest BCUT2D eigenvalue weighted by molar-refractivity contribution is 0.0685. The lowest BCUT2D eigenvalue weighted by Crippen LogP contribution is -2.30. The van der Waals surface area contributed by atoms with Crippen molar-refractivity contribution in [1.82, 2.24) is 0 Å². The van der Waals surface area contributed by atoms with Gasteiger partial charge >= 0.3 is 0 Å². The van der Waals surface area contributed by atoms with E-state index in [1.165, 1.54) is 12.1 Å². The normalized spacial score (nSPS) is 25.8. The molecule has 0 aromatic heterocycles. The van der Waals surface area contributed by atoms with Crippen molar-refractivity contribution in [2.24, 2.45) is 0 Å². The van der Waals surface area contributed by atoms with Crippen LogP contribution in [-0.4, -0.2) is 22.2 Å². The maximum atomic E-state index is 12.9. The van der Waals surface area contributed by atoms with Gasteiger partial charge in [-0.25, -0.2) is 8.78 Å². The predicted molar refractivity (Wildman–Crippen MR) is 57.0 cm³/mol. The Morgan fingerprint density at radius 2 is 1.93 bits per heavy atom. The molecule has 1 nitrogen and oxygen atoms in total. The first-order valence-electron chi connectivity index (χ1n) is 4.83. The Morgan fingerprint density at radius 3 is 2.47 bits per heavy atom. The average Bonchev–Trinajstić information content (AvgIpc) is 2.49. The minimum atomic E-state index is -0.787. The highest BCUT2D eigenvalue weighted by Crippen LogP contribution is 2.31. The molecule has 1 aliphatic rings. The highest BCUT2D eigenvalue weighted by Gasteiger charge is 2.31. The van der Waals surface area contributed by atoms with E-state index < -0.39 is 17.2 Å². The van der Waals surface area contributed by atoms with E-state index in [0.29, 0.717) is 24.2 Å². The van der Waals surface area contributed by atoms with E-state index in [0.717, 1.165) is 11.8 Å². The lowest BCUT2D eigenvalue weighted by Gasteiger charge is -2.21. The topological polar surface area (TPSA) is 20.2 Å². The van der Waals surface area contributed by atoms with Gasteiger partial charge in [0.25, 0.3) is 0 Å². The van der Waals surface area contributed by atoms with E-state index in [9.17, 15) is 13.9 Å². The van der Waals surface area contributed by atoms with E-state index in [4.69, 9.17) is 0 Å². The molecule has 82 valence electrons. The standard InChI is InChI=1S/C11H12F2OS/c12-9-3-8(4-10(13)5-9)6-11(14)1-2-15-7-11/h3-5,14H,1-2,6-7H2. The van der Waals surface area contributed by atoms with Crippen molar-refractivity contribution < 1.29 is 13.9 Å². The zero-order valence-electron chi connectivity index (χ0n) is 8.17. The number of hydrogen-bond donors (Lipinski definition) is 1. The number of thioether (sulfide) groups is 1. The molecule has 1 fully saturated rings. The van der Waals surface area contributed by atoms with Crippen LogP contribution in [0.5, 0.6) is 0 Å². The molecule has 1 N–H and O–H groups in total. The van der Waals surface area contributed by atoms with Crippen molar-refractivity contribution in [2.75, 3.05) is 11.5 Å². The van der Waals surface area contributed by atoms with Gasteiger partial charge < -0.3 is 5.11 Å². The van der Waals surface area contributed by atoms with Crippen LogP contribution in [0.15, 0.2) is 18.2 Å². The Labute approximate surface area is 91.5 Å². The molecule has 4 heteroatoms. The summed E-state index contributed by atoms with van der Waals surface area (Å²) in [6.07, 6.45) is 1.02. The third-order valence-corrected chi connectivity index (χ3v) is 3.77. The van der Waals surface area contributed by atoms with Crippen molar-refractivity contribution in [2.45, 2.75) is 18.4 Å². The Balaban J connectivity index is 2.16. The first-order valence-corrected chi connectivity index (χ1v) is 5.98. The molecule has 1 aromatic carbocycles. The molecular weight excluding hydrogens is 218 g/mol. The van der Waals surface area contributed by atoms with Crippen molar-refractivity contribution in [3.05, 3.63) is 35.4 Å². The van der Waals surface area contributed by atoms with Gasteiger partial charge in [-0.05, 0) is 29.9 Å². The second kappa shape index (κ2) is 4.10. The van der Waals surface area contributed by atoms with Crippen LogP contribution in [0.3, 0.4) is 0 Å². The predicted octanol–water partition coefficient (Wildman–Crippen LogP) is 2.38. The fourth-order valence-electron chi connectivity index (χ4n) is 1.83. The highest BCUT2D eigenvalue weighted by atomic mass is 32.2. The van der Waals surface area contributed by atoms with Gasteiger partial charge in [0.15, 0.2) is 0 Å². The monoisotopic (exact) mass is 230 g/mol. The van der Waals surface area contributed by atoms with Gasteiger partial charge in [-0.1, -0.05) is 0 Å². The summed E-state index contributed by atoms with van der Waals surface area (Å²) < 4.78 is 25.8. The molecule has 0 amide bonds. The SMILES string of the molecule is OC1(Cc2cc(F)cc(F)c2)CCSC1. The van der Waals surface area contributed by atoms with Gasteiger partial charge in [-0.15, -0.1) is 0 Å². The first-order chi connectivity index (χ1) is 7.07. The van der Waals surface area contributed by atoms with Gasteiger partial charge in [-0.2, -0.15) is 11.8 Å². The largest absolute Gasteiger partial charge is 0.389 e. The van der Waals surface area contributed by atoms with Gasteiger partial charge in [0.1, 0.15) is 11.6 Å². The van der Waals surface area contributed by atoms with E-state index >= 15 is 0 Å². The summed E-state index contributed by atoms with van der Waals surface area (Å²) in [5.74, 6) is 0.387. The summed E-state index contributed by atoms with van der Waals surface area (Å²) in [5, 5.41) is 10.1. The van der Waals surface area contributed by atoms with Crippen LogP contribution in [-0.2, 0) is 6.42 Å². The Bertz CT molecular complexity index is 341. The molecule has 0 radical (unpaired) electrons. The molecule has 1 aliphatic heterocycles. The summed E-state index contributed by atoms with van der Waals surface area (Å²) >= 11 is 1.67. The summed E-state index contributed by atoms with van der Waals surface area (Å²) in [6, 6.07) is 3.41. The third kappa shape index (κ3) is 2.69. The van der Waals surface area contributed by atoms with E-state index in [1.54, 1.807) is 11.8 Å². The zero-order valence-corrected chi connectivity index (χ0v) is 8.99. The maximum absolute atomic E-state index is 12.9. The Kier molecular flexibility index (Phi) is 2.98. The molecule has 1 saturated heterocycles. The quantitative estimate of drug-likeness (QED) is 0.841. The number of aliphatic hydroxyl groups is 1. The van der Waals surface area contributed by atoms with Gasteiger partial charge in [0.05, 0.1) is 5.60 Å². The summed E-state index contributed by atoms with van der Waals surface area (Å²) in [5.41, 5.74) is -0.261. The molecule has 2 rings (SSSR count). The van der Waals surface area contributed by atoms with Crippen molar-refractivity contribution >= 4 is 11.8 Å². The van der Waals surface area contributed by atoms with Crippen LogP contribution in [0.1, 0.15) is 12.0 Å². The van der Waals surface area contributed by atoms with Crippen LogP contribution < -0.4 is 0 Å². The van der Waals surface area contributed by atoms with Crippen LogP contribution >= 0.6 is 11.8 Å². The first kappa shape index (κ1) is 10.9. The lowest BCUT2D eigenvalue weighted by atomic mass is 9.94. The Morgan fingerprint density at radius 1 is 1.27 bits per heavy atom. The number of rotatable bonds is 2. The average molecular weight is 230 g/mol. The fraction of sp³-hybridized carbons (Fsp3) is 0.455. The third-order valence-electron chi connectivity index (χ3n) is 2.54. The maximum Gasteiger partial charge on any atom is 0.126 e. The van der Waals surface area contributed by atoms with Crippen molar-refractivity contribution in [3.63, 3.8) is 0 Å². The molecule has 0 spiro atoms. The second-order valence-electron chi connectivity index (χ2n) is 3.98. The van der Waals surface area contributed by atoms with Gasteiger partial charge in [0.2, 0.25) is 0 Å².